The fourth-order valence-electron chi connectivity index (χ4n) is 7.85. The van der Waals surface area contributed by atoms with Crippen LogP contribution in [0, 0.1) is 0 Å². The predicted octanol–water partition coefficient (Wildman–Crippen LogP) is 19.9. The fraction of sp³-hybridized carbons (Fsp3) is 0.677. The SMILES string of the molecule is CC/C=C\C/C=C\C/C=C\C/C=C\C/C=C\C/C=C\CCC(=O)OCC(COC(=O)CCCCCCC/C=C\CCCCCCCC)OC(=O)CCCCCCCCCCC/C=C\C/C=C\CCCCC. The molecule has 0 saturated carbocycles. The standard InChI is InChI=1S/C65H108O6/c1-4-7-10-13-16-19-22-25-28-30-32-34-37-40-43-46-49-52-55-58-64(67)70-61-62(60-69-63(66)57-54-51-48-45-42-39-36-27-24-21-18-15-12-9-6-3)71-65(68)59-56-53-50-47-44-41-38-35-33-31-29-26-23-20-17-14-11-8-5-2/h7,10,16-17,19-20,25-29,32,34,36,40,43,49,52,62H,4-6,8-9,11-15,18,21-24,30-31,33,35,37-39,41-42,44-48,50-51,53-61H2,1-3H3/b10-7-,19-16-,20-17-,28-25-,29-26-,34-32-,36-27-,43-40-,52-49-. The van der Waals surface area contributed by atoms with Gasteiger partial charge in [-0.15, -0.1) is 0 Å². The van der Waals surface area contributed by atoms with Gasteiger partial charge in [-0.25, -0.2) is 0 Å². The second-order valence-electron chi connectivity index (χ2n) is 19.2. The maximum absolute atomic E-state index is 12.9. The first-order valence-corrected chi connectivity index (χ1v) is 29.4. The molecule has 0 aromatic rings. The molecule has 0 aromatic heterocycles. The molecule has 0 bridgehead atoms. The molecule has 0 saturated heterocycles. The molecule has 0 fully saturated rings. The van der Waals surface area contributed by atoms with Crippen LogP contribution >= 0.6 is 0 Å². The number of carbonyl (C=O) groups is 3. The molecule has 6 heteroatoms. The zero-order chi connectivity index (χ0) is 51.4. The molecule has 0 N–H and O–H groups in total. The van der Waals surface area contributed by atoms with Crippen molar-refractivity contribution in [3.63, 3.8) is 0 Å². The number of rotatable bonds is 52. The lowest BCUT2D eigenvalue weighted by Gasteiger charge is -2.18. The first-order valence-electron chi connectivity index (χ1n) is 29.4. The summed E-state index contributed by atoms with van der Waals surface area (Å²) in [6.07, 6.45) is 79.4. The van der Waals surface area contributed by atoms with E-state index in [1.54, 1.807) is 0 Å². The van der Waals surface area contributed by atoms with Crippen LogP contribution in [0.15, 0.2) is 109 Å². The zero-order valence-electron chi connectivity index (χ0n) is 46.2. The van der Waals surface area contributed by atoms with Gasteiger partial charge in [0, 0.05) is 19.3 Å². The topological polar surface area (TPSA) is 78.9 Å². The molecule has 0 aliphatic carbocycles. The molecule has 1 unspecified atom stereocenters. The molecule has 0 aliphatic heterocycles. The molecule has 0 radical (unpaired) electrons. The van der Waals surface area contributed by atoms with Gasteiger partial charge < -0.3 is 14.2 Å². The molecule has 6 nitrogen and oxygen atoms in total. The van der Waals surface area contributed by atoms with Crippen molar-refractivity contribution in [2.45, 2.75) is 271 Å². The first-order chi connectivity index (χ1) is 35.0. The molecule has 0 amide bonds. The van der Waals surface area contributed by atoms with Crippen molar-refractivity contribution in [1.29, 1.82) is 0 Å². The van der Waals surface area contributed by atoms with Crippen molar-refractivity contribution in [2.24, 2.45) is 0 Å². The molecule has 0 aliphatic rings. The van der Waals surface area contributed by atoms with Gasteiger partial charge in [-0.05, 0) is 116 Å². The number of carbonyl (C=O) groups excluding carboxylic acids is 3. The van der Waals surface area contributed by atoms with E-state index in [-0.39, 0.29) is 37.5 Å². The molecule has 1 atom stereocenters. The van der Waals surface area contributed by atoms with Gasteiger partial charge in [-0.1, -0.05) is 239 Å². The van der Waals surface area contributed by atoms with Crippen molar-refractivity contribution in [2.75, 3.05) is 13.2 Å². The third kappa shape index (κ3) is 56.9. The Morgan fingerprint density at radius 1 is 0.296 bits per heavy atom. The summed E-state index contributed by atoms with van der Waals surface area (Å²) in [4.78, 5) is 38.2. The van der Waals surface area contributed by atoms with Gasteiger partial charge in [0.15, 0.2) is 6.10 Å². The quantitative estimate of drug-likeness (QED) is 0.0261. The van der Waals surface area contributed by atoms with E-state index >= 15 is 0 Å². The summed E-state index contributed by atoms with van der Waals surface area (Å²) in [6, 6.07) is 0. The number of hydrogen-bond donors (Lipinski definition) is 0. The minimum Gasteiger partial charge on any atom is -0.462 e. The van der Waals surface area contributed by atoms with Crippen LogP contribution in [0.25, 0.3) is 0 Å². The maximum atomic E-state index is 12.9. The fourth-order valence-corrected chi connectivity index (χ4v) is 7.85. The second-order valence-corrected chi connectivity index (χ2v) is 19.2. The van der Waals surface area contributed by atoms with Gasteiger partial charge in [0.25, 0.3) is 0 Å². The van der Waals surface area contributed by atoms with Gasteiger partial charge >= 0.3 is 17.9 Å². The molecule has 404 valence electrons. The first kappa shape index (κ1) is 67.1. The Bertz CT molecular complexity index is 1460. The summed E-state index contributed by atoms with van der Waals surface area (Å²) in [5.74, 6) is -1.01. The minimum absolute atomic E-state index is 0.108. The van der Waals surface area contributed by atoms with Gasteiger partial charge in [-0.3, -0.25) is 14.4 Å². The van der Waals surface area contributed by atoms with Crippen molar-refractivity contribution in [3.8, 4) is 0 Å². The number of unbranched alkanes of at least 4 members (excludes halogenated alkanes) is 23. The van der Waals surface area contributed by atoms with Crippen LogP contribution in [-0.2, 0) is 28.6 Å². The second kappa shape index (κ2) is 58.6. The van der Waals surface area contributed by atoms with Crippen molar-refractivity contribution in [1.82, 2.24) is 0 Å². The molecule has 0 rings (SSSR count). The highest BCUT2D eigenvalue weighted by Crippen LogP contribution is 2.14. The monoisotopic (exact) mass is 985 g/mol. The molecule has 0 aromatic carbocycles. The molecule has 71 heavy (non-hydrogen) atoms. The average Bonchev–Trinajstić information content (AvgIpc) is 3.37. The van der Waals surface area contributed by atoms with Crippen LogP contribution in [0.5, 0.6) is 0 Å². The molecule has 0 spiro atoms. The lowest BCUT2D eigenvalue weighted by Crippen LogP contribution is -2.30. The van der Waals surface area contributed by atoms with Crippen molar-refractivity contribution < 1.29 is 28.6 Å². The van der Waals surface area contributed by atoms with Crippen molar-refractivity contribution in [3.05, 3.63) is 109 Å². The van der Waals surface area contributed by atoms with E-state index in [1.807, 2.05) is 6.08 Å². The van der Waals surface area contributed by atoms with E-state index in [9.17, 15) is 14.4 Å². The summed E-state index contributed by atoms with van der Waals surface area (Å²) < 4.78 is 16.8. The summed E-state index contributed by atoms with van der Waals surface area (Å²) >= 11 is 0. The lowest BCUT2D eigenvalue weighted by molar-refractivity contribution is -0.166. The zero-order valence-corrected chi connectivity index (χ0v) is 46.2. The maximum Gasteiger partial charge on any atom is 0.306 e. The van der Waals surface area contributed by atoms with E-state index in [0.717, 1.165) is 96.3 Å². The minimum atomic E-state index is -0.817. The highest BCUT2D eigenvalue weighted by atomic mass is 16.6. The van der Waals surface area contributed by atoms with Crippen LogP contribution in [-0.4, -0.2) is 37.2 Å². The Hall–Kier alpha value is -3.93. The normalized spacial score (nSPS) is 12.9. The Labute approximate surface area is 438 Å². The number of allylic oxidation sites excluding steroid dienone is 18. The summed E-state index contributed by atoms with van der Waals surface area (Å²) in [7, 11) is 0. The van der Waals surface area contributed by atoms with Gasteiger partial charge in [0.1, 0.15) is 13.2 Å². The highest BCUT2D eigenvalue weighted by molar-refractivity contribution is 5.71. The van der Waals surface area contributed by atoms with Crippen LogP contribution in [0.4, 0.5) is 0 Å². The molecular weight excluding hydrogens is 877 g/mol. The molecule has 0 heterocycles. The van der Waals surface area contributed by atoms with E-state index in [2.05, 4.69) is 124 Å². The number of esters is 3. The Morgan fingerprint density at radius 3 is 0.986 bits per heavy atom. The van der Waals surface area contributed by atoms with Crippen LogP contribution in [0.2, 0.25) is 0 Å². The van der Waals surface area contributed by atoms with E-state index in [4.69, 9.17) is 14.2 Å². The predicted molar refractivity (Wildman–Crippen MR) is 307 cm³/mol. The van der Waals surface area contributed by atoms with Crippen LogP contribution < -0.4 is 0 Å². The van der Waals surface area contributed by atoms with Crippen LogP contribution in [0.3, 0.4) is 0 Å². The molecular formula is C65H108O6. The Morgan fingerprint density at radius 2 is 0.577 bits per heavy atom. The summed E-state index contributed by atoms with van der Waals surface area (Å²) in [5, 5.41) is 0. The number of hydrogen-bond acceptors (Lipinski definition) is 6. The van der Waals surface area contributed by atoms with Crippen molar-refractivity contribution >= 4 is 17.9 Å². The van der Waals surface area contributed by atoms with E-state index in [1.165, 1.54) is 122 Å². The summed E-state index contributed by atoms with van der Waals surface area (Å²) in [6.45, 7) is 6.43. The third-order valence-corrected chi connectivity index (χ3v) is 12.2. The third-order valence-electron chi connectivity index (χ3n) is 12.2. The lowest BCUT2D eigenvalue weighted by atomic mass is 10.1. The Kier molecular flexibility index (Phi) is 55.4. The van der Waals surface area contributed by atoms with E-state index in [0.29, 0.717) is 19.3 Å². The van der Waals surface area contributed by atoms with Gasteiger partial charge in [-0.2, -0.15) is 0 Å². The number of ether oxygens (including phenoxy) is 3. The van der Waals surface area contributed by atoms with Crippen LogP contribution in [0.1, 0.15) is 265 Å². The van der Waals surface area contributed by atoms with Gasteiger partial charge in [0.2, 0.25) is 0 Å². The highest BCUT2D eigenvalue weighted by Gasteiger charge is 2.19. The average molecular weight is 986 g/mol. The van der Waals surface area contributed by atoms with E-state index < -0.39 is 6.10 Å². The summed E-state index contributed by atoms with van der Waals surface area (Å²) in [5.41, 5.74) is 0. The van der Waals surface area contributed by atoms with Gasteiger partial charge in [0.05, 0.1) is 0 Å². The smallest absolute Gasteiger partial charge is 0.306 e. The Balaban J connectivity index is 4.51. The largest absolute Gasteiger partial charge is 0.462 e.